The molecule has 0 unspecified atom stereocenters. The molecule has 145 heavy (non-hydrogen) atoms. The molecule has 6 saturated heterocycles. The van der Waals surface area contributed by atoms with E-state index in [1.54, 1.807) is 48.5 Å². The number of aromatic amines is 6. The molecule has 6 aliphatic rings. The van der Waals surface area contributed by atoms with Crippen molar-refractivity contribution in [3.8, 4) is 5.75 Å². The van der Waals surface area contributed by atoms with Crippen LogP contribution in [0, 0.1) is 41.5 Å². The van der Waals surface area contributed by atoms with Crippen LogP contribution in [0.4, 0.5) is 0 Å². The summed E-state index contributed by atoms with van der Waals surface area (Å²) < 4.78 is 240. The Balaban J connectivity index is 0.652. The Morgan fingerprint density at radius 2 is 0.531 bits per heavy atom. The van der Waals surface area contributed by atoms with Gasteiger partial charge in [0.05, 0.1) is 79.1 Å². The molecule has 9 aromatic rings. The fourth-order valence-corrected chi connectivity index (χ4v) is 25.6. The van der Waals surface area contributed by atoms with Crippen molar-refractivity contribution in [2.75, 3.05) is 42.5 Å². The summed E-state index contributed by atoms with van der Waals surface area (Å²) in [5.74, 6) is -4.44. The average molecular weight is 2140 g/mol. The first-order valence-electron chi connectivity index (χ1n) is 46.6. The molecule has 6 fully saturated rings. The lowest BCUT2D eigenvalue weighted by molar-refractivity contribution is -0.0911. The predicted octanol–water partition coefficient (Wildman–Crippen LogP) is 2.80. The lowest BCUT2D eigenvalue weighted by Crippen LogP contribution is -2.46. The highest BCUT2D eigenvalue weighted by Gasteiger charge is 2.52. The van der Waals surface area contributed by atoms with E-state index >= 15 is 0 Å². The lowest BCUT2D eigenvalue weighted by atomic mass is 9.80. The standard InChI is InChI=1S/C91H114N12O36S5Si/c1-50-43-98(84(110)92-78(50)104)72-37-65(61(129-72)28-33-142(120,121)136-67-39-74(100-45-52(3)80(106)94-86(100)112)131-63(67)30-35-144(124,125)138-69-41-76(102-47-54(5)82(108)96-88(102)114)133-71(69)49-127-91(56-19-15-13-16-20-56,57-21-17-14-18-22-57)58-23-25-59(126-10)26-24-58)134-140(116,117)32-27-60-66(38-73(128-60)99-44-51(2)79(105)93-85(99)111)135-141(118,119)34-29-62-68(40-75(130-62)101-46-53(4)81(107)95-87(101)113)137-143(122,123)36-31-64-70(139-145(11,12)90(7,8)9)42-77(132-64)103-48-55(6)83(109)97-89(103)115/h13-26,43-48,60-77H,27-42,49H2,1-12H3,(H,92,104,110)(H,93,105,111)(H,94,106,112)(H,95,107,113)(H,96,108,114)(H,97,109,115)/t60-,61-,62-,63-,64-,65+,66+,67+,68+,69+,70+,71-,72-,73-,74-,75-,76-,77-/m1/s1. The van der Waals surface area contributed by atoms with Gasteiger partial charge in [0.1, 0.15) is 85.3 Å². The molecule has 0 amide bonds. The maximum atomic E-state index is 14.8. The van der Waals surface area contributed by atoms with Gasteiger partial charge in [0.2, 0.25) is 0 Å². The predicted molar refractivity (Wildman–Crippen MR) is 518 cm³/mol. The number of hydrogen-bond donors (Lipinski definition) is 6. The number of aryl methyl sites for hydroxylation is 6. The molecule has 3 aromatic carbocycles. The van der Waals surface area contributed by atoms with Crippen LogP contribution in [0.5, 0.6) is 5.75 Å². The Morgan fingerprint density at radius 3 is 0.766 bits per heavy atom. The lowest BCUT2D eigenvalue weighted by Gasteiger charge is -2.39. The molecule has 6 aliphatic heterocycles. The van der Waals surface area contributed by atoms with Crippen LogP contribution in [-0.2, 0) is 115 Å². The number of benzene rings is 3. The number of nitrogens with one attached hydrogen (secondary N) is 6. The normalized spacial score (nSPS) is 25.0. The highest BCUT2D eigenvalue weighted by molar-refractivity contribution is 7.87. The number of ether oxygens (including phenoxy) is 8. The van der Waals surface area contributed by atoms with Crippen molar-refractivity contribution < 1.29 is 105 Å². The van der Waals surface area contributed by atoms with E-state index in [9.17, 15) is 99.6 Å². The first kappa shape index (κ1) is 108. The molecule has 12 heterocycles. The van der Waals surface area contributed by atoms with E-state index in [0.717, 1.165) is 47.6 Å². The largest absolute Gasteiger partial charge is 0.497 e. The van der Waals surface area contributed by atoms with Crippen molar-refractivity contribution in [1.82, 2.24) is 57.3 Å². The van der Waals surface area contributed by atoms with E-state index in [2.05, 4.69) is 29.9 Å². The average Bonchev–Trinajstić information content (AvgIpc) is 1.74. The van der Waals surface area contributed by atoms with Crippen molar-refractivity contribution >= 4 is 58.9 Å². The van der Waals surface area contributed by atoms with Crippen LogP contribution in [0.15, 0.2) is 180 Å². The summed E-state index contributed by atoms with van der Waals surface area (Å²) in [5, 5.41) is -0.360. The SMILES string of the molecule is COc1ccc(C(OC[C@H]2O[C@@H](n3cc(C)c(=O)[nH]c3=O)C[C@@H]2OS(=O)(=O)CC[C@H]2O[C@@H](n3cc(C)c(=O)[nH]c3=O)C[C@@H]2OS(=O)(=O)CC[C@H]2O[C@@H](n3cc(C)c(=O)[nH]c3=O)C[C@@H]2OS(=O)(=O)CC[C@H]2O[C@@H](n3cc(C)c(=O)[nH]c3=O)C[C@@H]2OS(=O)(=O)CC[C@H]2O[C@@H](n3cc(C)c(=O)[nH]c3=O)C[C@@H]2OS(=O)(=O)CC[C@H]2O[C@@H](n3cc(C)c(=O)[nH]c3=O)C[C@@H]2O[Si](C)(C)C(C)(C)C)(c2ccccc2)c2ccccc2)cc1. The third-order valence-corrected chi connectivity index (χ3v) is 37.9. The number of rotatable bonds is 40. The van der Waals surface area contributed by atoms with Crippen molar-refractivity contribution in [2.45, 2.75) is 267 Å². The highest BCUT2D eigenvalue weighted by atomic mass is 32.2. The van der Waals surface area contributed by atoms with Gasteiger partial charge in [-0.3, -0.25) is 107 Å². The van der Waals surface area contributed by atoms with E-state index in [-0.39, 0.29) is 57.7 Å². The van der Waals surface area contributed by atoms with Crippen molar-refractivity contribution in [1.29, 1.82) is 0 Å². The summed E-state index contributed by atoms with van der Waals surface area (Å²) in [6.45, 7) is 17.8. The Morgan fingerprint density at radius 1 is 0.317 bits per heavy atom. The molecule has 0 saturated carbocycles. The number of H-pyrrole nitrogens is 6. The van der Waals surface area contributed by atoms with Gasteiger partial charge in [-0.25, -0.2) is 28.8 Å². The molecule has 6 aromatic heterocycles. The van der Waals surface area contributed by atoms with Crippen molar-refractivity contribution in [3.63, 3.8) is 0 Å². The first-order chi connectivity index (χ1) is 68.1. The van der Waals surface area contributed by atoms with Crippen LogP contribution in [-0.4, -0.2) is 223 Å². The van der Waals surface area contributed by atoms with Gasteiger partial charge in [-0.05, 0) is 121 Å². The van der Waals surface area contributed by atoms with Gasteiger partial charge in [0.25, 0.3) is 83.9 Å². The summed E-state index contributed by atoms with van der Waals surface area (Å²) >= 11 is 0. The molecule has 0 bridgehead atoms. The Labute approximate surface area is 829 Å². The molecule has 48 nitrogen and oxygen atoms in total. The third-order valence-electron chi connectivity index (χ3n) is 27.0. The molecule has 18 atom stereocenters. The van der Waals surface area contributed by atoms with E-state index in [0.29, 0.717) is 22.4 Å². The second kappa shape index (κ2) is 43.0. The van der Waals surface area contributed by atoms with Gasteiger partial charge in [-0.15, -0.1) is 0 Å². The minimum atomic E-state index is -5.05. The van der Waals surface area contributed by atoms with Crippen LogP contribution < -0.4 is 72.2 Å². The van der Waals surface area contributed by atoms with Crippen molar-refractivity contribution in [2.24, 2.45) is 0 Å². The van der Waals surface area contributed by atoms with Crippen LogP contribution in [0.3, 0.4) is 0 Å². The van der Waals surface area contributed by atoms with E-state index in [1.165, 1.54) is 65.6 Å². The number of aromatic nitrogens is 12. The molecular formula is C91H114N12O36S5Si. The number of methoxy groups -OCH3 is 1. The summed E-state index contributed by atoms with van der Waals surface area (Å²) in [5.41, 5.74) is -9.67. The van der Waals surface area contributed by atoms with Gasteiger partial charge in [-0.1, -0.05) is 93.6 Å². The maximum absolute atomic E-state index is 14.8. The van der Waals surface area contributed by atoms with Gasteiger partial charge in [0, 0.05) is 109 Å². The van der Waals surface area contributed by atoms with Crippen LogP contribution >= 0.6 is 0 Å². The van der Waals surface area contributed by atoms with Gasteiger partial charge in [0.15, 0.2) is 8.32 Å². The molecule has 0 spiro atoms. The summed E-state index contributed by atoms with van der Waals surface area (Å²) in [4.78, 5) is 170. The van der Waals surface area contributed by atoms with Gasteiger partial charge in [-0.2, -0.15) is 42.1 Å². The minimum Gasteiger partial charge on any atom is -0.497 e. The fraction of sp³-hybridized carbons (Fsp3) is 0.538. The van der Waals surface area contributed by atoms with Gasteiger partial charge >= 0.3 is 34.1 Å². The molecule has 6 N–H and O–H groups in total. The second-order valence-corrected chi connectivity index (χ2v) is 51.7. The Kier molecular flexibility index (Phi) is 32.1. The summed E-state index contributed by atoms with van der Waals surface area (Å²) in [6, 6.07) is 25.2. The number of hydrogen-bond acceptors (Lipinski definition) is 36. The van der Waals surface area contributed by atoms with Crippen LogP contribution in [0.1, 0.15) is 179 Å². The second-order valence-electron chi connectivity index (χ2n) is 38.4. The minimum absolute atomic E-state index is 0.00168. The maximum Gasteiger partial charge on any atom is 0.330 e. The zero-order valence-electron chi connectivity index (χ0n) is 80.9. The molecule has 788 valence electrons. The molecule has 54 heteroatoms. The quantitative estimate of drug-likeness (QED) is 0.0183. The monoisotopic (exact) mass is 2140 g/mol. The van der Waals surface area contributed by atoms with Crippen LogP contribution in [0.25, 0.3) is 0 Å². The van der Waals surface area contributed by atoms with E-state index in [4.69, 9.17) is 63.2 Å². The first-order valence-corrected chi connectivity index (χ1v) is 57.4. The van der Waals surface area contributed by atoms with Crippen molar-refractivity contribution in [3.05, 3.63) is 297 Å². The third kappa shape index (κ3) is 25.0. The summed E-state index contributed by atoms with van der Waals surface area (Å²) in [6.07, 6.45) is -24.3. The smallest absolute Gasteiger partial charge is 0.330 e. The van der Waals surface area contributed by atoms with Gasteiger partial charge < -0.3 is 42.3 Å². The topological polar surface area (TPSA) is 629 Å². The zero-order valence-corrected chi connectivity index (χ0v) is 86.0. The van der Waals surface area contributed by atoms with E-state index < -0.39 is 329 Å². The molecule has 15 rings (SSSR count). The number of nitrogens with zero attached hydrogens (tertiary/aromatic N) is 6. The molecule has 0 radical (unpaired) electrons. The highest BCUT2D eigenvalue weighted by Crippen LogP contribution is 2.47. The fourth-order valence-electron chi connectivity index (χ4n) is 18.3. The Hall–Kier alpha value is -11.0. The summed E-state index contributed by atoms with van der Waals surface area (Å²) in [7, 11) is -25.9. The molecule has 0 aliphatic carbocycles. The molecular weight excluding hydrogens is 2030 g/mol. The van der Waals surface area contributed by atoms with E-state index in [1.807, 2.05) is 70.3 Å². The van der Waals surface area contributed by atoms with Crippen LogP contribution in [0.2, 0.25) is 18.1 Å². The Bertz CT molecular complexity index is 7690. The zero-order chi connectivity index (χ0) is 105.